The molecule has 0 unspecified atom stereocenters. The van der Waals surface area contributed by atoms with Gasteiger partial charge in [-0.1, -0.05) is 36.3 Å². The Bertz CT molecular complexity index is 994. The van der Waals surface area contributed by atoms with Crippen LogP contribution in [0.5, 0.6) is 0 Å². The summed E-state index contributed by atoms with van der Waals surface area (Å²) in [5, 5.41) is 3.95. The second kappa shape index (κ2) is 8.98. The molecule has 1 aromatic heterocycles. The van der Waals surface area contributed by atoms with Gasteiger partial charge in [-0.3, -0.25) is 9.69 Å². The van der Waals surface area contributed by atoms with Crippen molar-refractivity contribution < 1.29 is 18.1 Å². The molecule has 0 spiro atoms. The molecule has 1 fully saturated rings. The first kappa shape index (κ1) is 21.2. The molecule has 1 amide bonds. The predicted octanol–water partition coefficient (Wildman–Crippen LogP) is 4.37. The lowest BCUT2D eigenvalue weighted by Crippen LogP contribution is -2.50. The number of benzene rings is 2. The Kier molecular flexibility index (Phi) is 6.13. The van der Waals surface area contributed by atoms with Crippen LogP contribution in [0.25, 0.3) is 0 Å². The van der Waals surface area contributed by atoms with E-state index in [-0.39, 0.29) is 23.6 Å². The third kappa shape index (κ3) is 4.37. The number of nitrogens with zero attached hydrogens (tertiary/aromatic N) is 3. The van der Waals surface area contributed by atoms with E-state index in [1.165, 1.54) is 24.3 Å². The van der Waals surface area contributed by atoms with Crippen molar-refractivity contribution in [3.8, 4) is 0 Å². The van der Waals surface area contributed by atoms with Gasteiger partial charge in [-0.15, -0.1) is 0 Å². The Morgan fingerprint density at radius 3 is 1.97 bits per heavy atom. The number of aryl methyl sites for hydroxylation is 2. The molecular formula is C24H25F2N3O2. The second-order valence-corrected chi connectivity index (χ2v) is 7.75. The minimum atomic E-state index is -0.298. The monoisotopic (exact) mass is 425 g/mol. The topological polar surface area (TPSA) is 49.6 Å². The van der Waals surface area contributed by atoms with Crippen molar-refractivity contribution in [2.45, 2.75) is 26.3 Å². The summed E-state index contributed by atoms with van der Waals surface area (Å²) in [6.45, 7) is 6.08. The van der Waals surface area contributed by atoms with E-state index >= 15 is 0 Å². The van der Waals surface area contributed by atoms with Crippen molar-refractivity contribution in [3.05, 3.63) is 88.3 Å². The van der Waals surface area contributed by atoms with Crippen LogP contribution >= 0.6 is 0 Å². The van der Waals surface area contributed by atoms with E-state index in [2.05, 4.69) is 10.1 Å². The van der Waals surface area contributed by atoms with Gasteiger partial charge in [0.2, 0.25) is 0 Å². The molecule has 1 aliphatic heterocycles. The Morgan fingerprint density at radius 1 is 0.968 bits per heavy atom. The van der Waals surface area contributed by atoms with Gasteiger partial charge in [0.1, 0.15) is 23.0 Å². The van der Waals surface area contributed by atoms with Crippen LogP contribution < -0.4 is 0 Å². The molecule has 1 aliphatic rings. The molecular weight excluding hydrogens is 400 g/mol. The SMILES string of the molecule is CCc1onc(C)c1C(=O)N1CCN(C(c2ccc(F)cc2)c2ccc(F)cc2)CC1. The molecule has 5 nitrogen and oxygen atoms in total. The molecule has 4 rings (SSSR count). The number of aromatic nitrogens is 1. The highest BCUT2D eigenvalue weighted by Gasteiger charge is 2.31. The standard InChI is InChI=1S/C24H25F2N3O2/c1-3-21-22(16(2)27-31-21)24(30)29-14-12-28(13-15-29)23(17-4-8-19(25)9-5-17)18-6-10-20(26)11-7-18/h4-11,23H,3,12-15H2,1-2H3. The van der Waals surface area contributed by atoms with Gasteiger partial charge in [0.25, 0.3) is 5.91 Å². The van der Waals surface area contributed by atoms with Crippen molar-refractivity contribution in [3.63, 3.8) is 0 Å². The fraction of sp³-hybridized carbons (Fsp3) is 0.333. The predicted molar refractivity (Wildman–Crippen MR) is 113 cm³/mol. The van der Waals surface area contributed by atoms with Gasteiger partial charge in [0, 0.05) is 32.6 Å². The van der Waals surface area contributed by atoms with Crippen LogP contribution in [0, 0.1) is 18.6 Å². The molecule has 3 aromatic rings. The molecule has 0 saturated carbocycles. The minimum absolute atomic E-state index is 0.0598. The lowest BCUT2D eigenvalue weighted by molar-refractivity contribution is 0.0594. The van der Waals surface area contributed by atoms with Crippen LogP contribution in [0.1, 0.15) is 45.9 Å². The quantitative estimate of drug-likeness (QED) is 0.609. The molecule has 31 heavy (non-hydrogen) atoms. The minimum Gasteiger partial charge on any atom is -0.360 e. The smallest absolute Gasteiger partial charge is 0.259 e. The molecule has 7 heteroatoms. The zero-order chi connectivity index (χ0) is 22.0. The molecule has 0 aliphatic carbocycles. The third-order valence-electron chi connectivity index (χ3n) is 5.81. The van der Waals surface area contributed by atoms with Gasteiger partial charge in [0.05, 0.1) is 11.7 Å². The first-order valence-corrected chi connectivity index (χ1v) is 10.5. The number of amides is 1. The van der Waals surface area contributed by atoms with Crippen LogP contribution in [-0.4, -0.2) is 47.0 Å². The van der Waals surface area contributed by atoms with Crippen molar-refractivity contribution in [2.24, 2.45) is 0 Å². The van der Waals surface area contributed by atoms with Gasteiger partial charge in [0.15, 0.2) is 0 Å². The summed E-state index contributed by atoms with van der Waals surface area (Å²) in [4.78, 5) is 17.1. The van der Waals surface area contributed by atoms with Crippen molar-refractivity contribution in [2.75, 3.05) is 26.2 Å². The molecule has 2 heterocycles. The number of carbonyl (C=O) groups is 1. The molecule has 0 radical (unpaired) electrons. The maximum atomic E-state index is 13.5. The zero-order valence-electron chi connectivity index (χ0n) is 17.6. The number of rotatable bonds is 5. The van der Waals surface area contributed by atoms with Crippen molar-refractivity contribution in [1.82, 2.24) is 15.0 Å². The number of hydrogen-bond donors (Lipinski definition) is 0. The average Bonchev–Trinajstić information content (AvgIpc) is 3.17. The highest BCUT2D eigenvalue weighted by molar-refractivity contribution is 5.96. The Balaban J connectivity index is 1.55. The van der Waals surface area contributed by atoms with Crippen molar-refractivity contribution >= 4 is 5.91 Å². The zero-order valence-corrected chi connectivity index (χ0v) is 17.6. The summed E-state index contributed by atoms with van der Waals surface area (Å²) in [5.74, 6) is -0.0449. The van der Waals surface area contributed by atoms with Gasteiger partial charge in [-0.25, -0.2) is 8.78 Å². The average molecular weight is 425 g/mol. The lowest BCUT2D eigenvalue weighted by atomic mass is 9.96. The van der Waals surface area contributed by atoms with E-state index in [0.29, 0.717) is 49.6 Å². The van der Waals surface area contributed by atoms with Crippen LogP contribution in [0.2, 0.25) is 0 Å². The van der Waals surface area contributed by atoms with Crippen LogP contribution in [0.15, 0.2) is 53.1 Å². The van der Waals surface area contributed by atoms with Crippen LogP contribution in [-0.2, 0) is 6.42 Å². The fourth-order valence-corrected chi connectivity index (χ4v) is 4.18. The maximum Gasteiger partial charge on any atom is 0.259 e. The lowest BCUT2D eigenvalue weighted by Gasteiger charge is -2.39. The Hall–Kier alpha value is -3.06. The second-order valence-electron chi connectivity index (χ2n) is 7.75. The Labute approximate surface area is 180 Å². The first-order valence-electron chi connectivity index (χ1n) is 10.5. The van der Waals surface area contributed by atoms with E-state index in [1.807, 2.05) is 11.8 Å². The van der Waals surface area contributed by atoms with Crippen LogP contribution in [0.3, 0.4) is 0 Å². The van der Waals surface area contributed by atoms with E-state index in [1.54, 1.807) is 31.2 Å². The number of halogens is 2. The molecule has 162 valence electrons. The van der Waals surface area contributed by atoms with E-state index in [0.717, 1.165) is 11.1 Å². The number of hydrogen-bond acceptors (Lipinski definition) is 4. The molecule has 0 atom stereocenters. The normalized spacial score (nSPS) is 14.9. The highest BCUT2D eigenvalue weighted by Crippen LogP contribution is 2.30. The first-order chi connectivity index (χ1) is 15.0. The van der Waals surface area contributed by atoms with Gasteiger partial charge < -0.3 is 9.42 Å². The fourth-order valence-electron chi connectivity index (χ4n) is 4.18. The van der Waals surface area contributed by atoms with E-state index in [9.17, 15) is 13.6 Å². The van der Waals surface area contributed by atoms with E-state index < -0.39 is 0 Å². The summed E-state index contributed by atoms with van der Waals surface area (Å²) in [5.41, 5.74) is 3.02. The summed E-state index contributed by atoms with van der Waals surface area (Å²) in [7, 11) is 0. The summed E-state index contributed by atoms with van der Waals surface area (Å²) in [6.07, 6.45) is 0.610. The summed E-state index contributed by atoms with van der Waals surface area (Å²) >= 11 is 0. The van der Waals surface area contributed by atoms with Crippen molar-refractivity contribution in [1.29, 1.82) is 0 Å². The van der Waals surface area contributed by atoms with Gasteiger partial charge >= 0.3 is 0 Å². The largest absolute Gasteiger partial charge is 0.360 e. The molecule has 2 aromatic carbocycles. The Morgan fingerprint density at radius 2 is 1.48 bits per heavy atom. The summed E-state index contributed by atoms with van der Waals surface area (Å²) < 4.78 is 32.3. The third-order valence-corrected chi connectivity index (χ3v) is 5.81. The molecule has 0 bridgehead atoms. The van der Waals surface area contributed by atoms with E-state index in [4.69, 9.17) is 4.52 Å². The number of piperazine rings is 1. The molecule has 0 N–H and O–H groups in total. The molecule has 1 saturated heterocycles. The maximum absolute atomic E-state index is 13.5. The van der Waals surface area contributed by atoms with Gasteiger partial charge in [-0.05, 0) is 42.3 Å². The van der Waals surface area contributed by atoms with Gasteiger partial charge in [-0.2, -0.15) is 0 Å². The highest BCUT2D eigenvalue weighted by atomic mass is 19.1. The number of carbonyl (C=O) groups excluding carboxylic acids is 1. The summed E-state index contributed by atoms with van der Waals surface area (Å²) in [6, 6.07) is 12.6. The van der Waals surface area contributed by atoms with Crippen LogP contribution in [0.4, 0.5) is 8.78 Å².